The van der Waals surface area contributed by atoms with E-state index < -0.39 is 0 Å². The molecule has 0 aliphatic carbocycles. The highest BCUT2D eigenvalue weighted by Crippen LogP contribution is 2.27. The second-order valence-corrected chi connectivity index (χ2v) is 5.51. The molecular weight excluding hydrogens is 340 g/mol. The summed E-state index contributed by atoms with van der Waals surface area (Å²) >= 11 is 9.54. The van der Waals surface area contributed by atoms with Gasteiger partial charge in [0, 0.05) is 10.5 Å². The second-order valence-electron chi connectivity index (χ2n) is 4.33. The summed E-state index contributed by atoms with van der Waals surface area (Å²) in [6.45, 7) is 0. The van der Waals surface area contributed by atoms with Crippen molar-refractivity contribution in [1.82, 2.24) is 9.55 Å². The van der Waals surface area contributed by atoms with Gasteiger partial charge in [-0.05, 0) is 30.3 Å². The fraction of sp³-hybridized carbons (Fsp3) is 0.133. The zero-order chi connectivity index (χ0) is 14.1. The SMILES string of the molecule is COc1cccc(-n2c(CCl)nc3ccc(Br)cc32)c1. The first kappa shape index (κ1) is 13.5. The lowest BCUT2D eigenvalue weighted by atomic mass is 10.2. The minimum Gasteiger partial charge on any atom is -0.497 e. The molecule has 0 saturated heterocycles. The fourth-order valence-electron chi connectivity index (χ4n) is 2.23. The molecule has 0 radical (unpaired) electrons. The quantitative estimate of drug-likeness (QED) is 0.648. The number of hydrogen-bond acceptors (Lipinski definition) is 2. The van der Waals surface area contributed by atoms with E-state index in [9.17, 15) is 0 Å². The molecule has 2 aromatic carbocycles. The van der Waals surface area contributed by atoms with Gasteiger partial charge in [0.2, 0.25) is 0 Å². The van der Waals surface area contributed by atoms with Crippen LogP contribution in [0.5, 0.6) is 5.75 Å². The van der Waals surface area contributed by atoms with Crippen molar-refractivity contribution in [2.45, 2.75) is 5.88 Å². The van der Waals surface area contributed by atoms with Gasteiger partial charge < -0.3 is 4.74 Å². The van der Waals surface area contributed by atoms with E-state index in [1.807, 2.05) is 42.5 Å². The zero-order valence-corrected chi connectivity index (χ0v) is 13.1. The molecule has 3 nitrogen and oxygen atoms in total. The van der Waals surface area contributed by atoms with Gasteiger partial charge in [-0.15, -0.1) is 11.6 Å². The van der Waals surface area contributed by atoms with Gasteiger partial charge in [0.25, 0.3) is 0 Å². The lowest BCUT2D eigenvalue weighted by Crippen LogP contribution is -1.99. The maximum atomic E-state index is 6.04. The number of ether oxygens (including phenoxy) is 1. The summed E-state index contributed by atoms with van der Waals surface area (Å²) in [5.41, 5.74) is 2.93. The van der Waals surface area contributed by atoms with E-state index in [4.69, 9.17) is 16.3 Å². The van der Waals surface area contributed by atoms with Gasteiger partial charge >= 0.3 is 0 Å². The van der Waals surface area contributed by atoms with E-state index in [0.717, 1.165) is 32.8 Å². The van der Waals surface area contributed by atoms with Crippen LogP contribution in [0.2, 0.25) is 0 Å². The number of fused-ring (bicyclic) bond motifs is 1. The minimum atomic E-state index is 0.351. The molecule has 0 fully saturated rings. The maximum absolute atomic E-state index is 6.04. The van der Waals surface area contributed by atoms with Crippen molar-refractivity contribution in [3.8, 4) is 11.4 Å². The van der Waals surface area contributed by atoms with Crippen LogP contribution in [-0.4, -0.2) is 16.7 Å². The maximum Gasteiger partial charge on any atom is 0.129 e. The average Bonchev–Trinajstić information content (AvgIpc) is 2.85. The smallest absolute Gasteiger partial charge is 0.129 e. The minimum absolute atomic E-state index is 0.351. The molecule has 0 atom stereocenters. The van der Waals surface area contributed by atoms with Crippen LogP contribution in [0.15, 0.2) is 46.9 Å². The van der Waals surface area contributed by atoms with Gasteiger partial charge in [-0.25, -0.2) is 4.98 Å². The van der Waals surface area contributed by atoms with Crippen LogP contribution in [0.4, 0.5) is 0 Å². The molecule has 3 aromatic rings. The number of imidazole rings is 1. The summed E-state index contributed by atoms with van der Waals surface area (Å²) in [5, 5.41) is 0. The van der Waals surface area contributed by atoms with Crippen molar-refractivity contribution in [2.24, 2.45) is 0 Å². The van der Waals surface area contributed by atoms with E-state index in [1.165, 1.54) is 0 Å². The standard InChI is InChI=1S/C15H12BrClN2O/c1-20-12-4-2-3-11(8-12)19-14-7-10(16)5-6-13(14)18-15(19)9-17/h2-8H,9H2,1H3. The highest BCUT2D eigenvalue weighted by atomic mass is 79.9. The van der Waals surface area contributed by atoms with E-state index in [1.54, 1.807) is 7.11 Å². The highest BCUT2D eigenvalue weighted by Gasteiger charge is 2.12. The Kier molecular flexibility index (Phi) is 3.68. The van der Waals surface area contributed by atoms with E-state index in [2.05, 4.69) is 25.5 Å². The Bertz CT molecular complexity index is 770. The van der Waals surface area contributed by atoms with E-state index in [-0.39, 0.29) is 0 Å². The van der Waals surface area contributed by atoms with Gasteiger partial charge in [-0.3, -0.25) is 4.57 Å². The topological polar surface area (TPSA) is 27.1 Å². The predicted octanol–water partition coefficient (Wildman–Crippen LogP) is 4.54. The van der Waals surface area contributed by atoms with Gasteiger partial charge in [0.1, 0.15) is 11.6 Å². The zero-order valence-electron chi connectivity index (χ0n) is 10.8. The van der Waals surface area contributed by atoms with Crippen LogP contribution in [0.1, 0.15) is 5.82 Å². The van der Waals surface area contributed by atoms with Crippen molar-refractivity contribution in [3.63, 3.8) is 0 Å². The molecule has 3 rings (SSSR count). The summed E-state index contributed by atoms with van der Waals surface area (Å²) in [4.78, 5) is 4.57. The molecule has 1 heterocycles. The van der Waals surface area contributed by atoms with Crippen LogP contribution in [0.3, 0.4) is 0 Å². The third-order valence-electron chi connectivity index (χ3n) is 3.12. The Balaban J connectivity index is 2.29. The predicted molar refractivity (Wildman–Crippen MR) is 84.9 cm³/mol. The molecular formula is C15H12BrClN2O. The van der Waals surface area contributed by atoms with Crippen molar-refractivity contribution >= 4 is 38.6 Å². The molecule has 0 unspecified atom stereocenters. The number of rotatable bonds is 3. The van der Waals surface area contributed by atoms with Crippen molar-refractivity contribution in [3.05, 3.63) is 52.8 Å². The number of hydrogen-bond donors (Lipinski definition) is 0. The number of halogens is 2. The Morgan fingerprint density at radius 2 is 2.10 bits per heavy atom. The van der Waals surface area contributed by atoms with Crippen LogP contribution in [0, 0.1) is 0 Å². The Hall–Kier alpha value is -1.52. The number of methoxy groups -OCH3 is 1. The number of aromatic nitrogens is 2. The summed E-state index contributed by atoms with van der Waals surface area (Å²) in [5.74, 6) is 1.97. The summed E-state index contributed by atoms with van der Waals surface area (Å²) < 4.78 is 8.35. The second kappa shape index (κ2) is 5.46. The van der Waals surface area contributed by atoms with Crippen LogP contribution in [0.25, 0.3) is 16.7 Å². The first-order valence-electron chi connectivity index (χ1n) is 6.10. The van der Waals surface area contributed by atoms with Crippen LogP contribution >= 0.6 is 27.5 Å². The monoisotopic (exact) mass is 350 g/mol. The lowest BCUT2D eigenvalue weighted by Gasteiger charge is -2.09. The third kappa shape index (κ3) is 2.30. The molecule has 0 N–H and O–H groups in total. The van der Waals surface area contributed by atoms with Crippen molar-refractivity contribution in [2.75, 3.05) is 7.11 Å². The van der Waals surface area contributed by atoms with Crippen LogP contribution < -0.4 is 4.74 Å². The van der Waals surface area contributed by atoms with Gasteiger partial charge in [-0.1, -0.05) is 22.0 Å². The fourth-order valence-corrected chi connectivity index (χ4v) is 2.75. The summed E-state index contributed by atoms with van der Waals surface area (Å²) in [6, 6.07) is 13.8. The van der Waals surface area contributed by atoms with E-state index in [0.29, 0.717) is 5.88 Å². The molecule has 20 heavy (non-hydrogen) atoms. The molecule has 0 bridgehead atoms. The first-order valence-corrected chi connectivity index (χ1v) is 7.43. The molecule has 1 aromatic heterocycles. The van der Waals surface area contributed by atoms with Crippen molar-refractivity contribution < 1.29 is 4.74 Å². The summed E-state index contributed by atoms with van der Waals surface area (Å²) in [7, 11) is 1.66. The number of alkyl halides is 1. The molecule has 0 saturated carbocycles. The van der Waals surface area contributed by atoms with Crippen molar-refractivity contribution in [1.29, 1.82) is 0 Å². The largest absolute Gasteiger partial charge is 0.497 e. The molecule has 102 valence electrons. The van der Waals surface area contributed by atoms with Gasteiger partial charge in [0.05, 0.1) is 29.7 Å². The molecule has 0 aliphatic rings. The van der Waals surface area contributed by atoms with Gasteiger partial charge in [0.15, 0.2) is 0 Å². The number of nitrogens with zero attached hydrogens (tertiary/aromatic N) is 2. The third-order valence-corrected chi connectivity index (χ3v) is 3.85. The molecule has 0 amide bonds. The first-order chi connectivity index (χ1) is 9.72. The Labute approximate surface area is 130 Å². The summed E-state index contributed by atoms with van der Waals surface area (Å²) in [6.07, 6.45) is 0. The Morgan fingerprint density at radius 3 is 2.85 bits per heavy atom. The van der Waals surface area contributed by atoms with E-state index >= 15 is 0 Å². The Morgan fingerprint density at radius 1 is 1.25 bits per heavy atom. The number of benzene rings is 2. The average molecular weight is 352 g/mol. The van der Waals surface area contributed by atoms with Gasteiger partial charge in [-0.2, -0.15) is 0 Å². The highest BCUT2D eigenvalue weighted by molar-refractivity contribution is 9.10. The molecule has 0 aliphatic heterocycles. The lowest BCUT2D eigenvalue weighted by molar-refractivity contribution is 0.414. The molecule has 0 spiro atoms. The van der Waals surface area contributed by atoms with Crippen LogP contribution in [-0.2, 0) is 5.88 Å². The molecule has 5 heteroatoms. The normalized spacial score (nSPS) is 10.9.